The van der Waals surface area contributed by atoms with E-state index in [1.54, 1.807) is 0 Å². The Morgan fingerprint density at radius 3 is 0.844 bits per heavy atom. The molecule has 0 fully saturated rings. The summed E-state index contributed by atoms with van der Waals surface area (Å²) in [7, 11) is -9.90. The summed E-state index contributed by atoms with van der Waals surface area (Å²) in [5, 5.41) is 10.6. The van der Waals surface area contributed by atoms with Crippen LogP contribution in [-0.4, -0.2) is 96.7 Å². The third-order valence-electron chi connectivity index (χ3n) is 16.8. The lowest BCUT2D eigenvalue weighted by Gasteiger charge is -2.21. The molecule has 19 heteroatoms. The van der Waals surface area contributed by atoms with Crippen LogP contribution in [0.15, 0.2) is 0 Å². The van der Waals surface area contributed by atoms with E-state index in [-0.39, 0.29) is 25.7 Å². The predicted molar refractivity (Wildman–Crippen MR) is 363 cm³/mol. The average Bonchev–Trinajstić information content (AvgIpc) is 3.66. The van der Waals surface area contributed by atoms with Crippen LogP contribution in [0.5, 0.6) is 0 Å². The van der Waals surface area contributed by atoms with Crippen LogP contribution >= 0.6 is 15.6 Å². The van der Waals surface area contributed by atoms with Crippen molar-refractivity contribution in [1.82, 2.24) is 0 Å². The van der Waals surface area contributed by atoms with Crippen LogP contribution in [0.1, 0.15) is 363 Å². The van der Waals surface area contributed by atoms with Gasteiger partial charge in [0.25, 0.3) is 0 Å². The van der Waals surface area contributed by atoms with Crippen molar-refractivity contribution in [3.05, 3.63) is 0 Å². The van der Waals surface area contributed by atoms with Crippen molar-refractivity contribution in [2.24, 2.45) is 11.8 Å². The van der Waals surface area contributed by atoms with Gasteiger partial charge in [0.05, 0.1) is 26.4 Å². The number of rotatable bonds is 70. The number of hydrogen-bond donors (Lipinski definition) is 3. The van der Waals surface area contributed by atoms with Crippen molar-refractivity contribution in [2.45, 2.75) is 381 Å². The van der Waals surface area contributed by atoms with E-state index < -0.39 is 97.5 Å². The molecule has 90 heavy (non-hydrogen) atoms. The maximum Gasteiger partial charge on any atom is 0.472 e. The van der Waals surface area contributed by atoms with Crippen LogP contribution < -0.4 is 0 Å². The first kappa shape index (κ1) is 88.1. The molecule has 0 aliphatic rings. The zero-order valence-electron chi connectivity index (χ0n) is 58.4. The molecule has 0 radical (unpaired) electrons. The van der Waals surface area contributed by atoms with E-state index in [0.29, 0.717) is 25.7 Å². The maximum absolute atomic E-state index is 13.0. The minimum atomic E-state index is -4.95. The Balaban J connectivity index is 5.21. The zero-order chi connectivity index (χ0) is 66.5. The van der Waals surface area contributed by atoms with Crippen molar-refractivity contribution in [3.8, 4) is 0 Å². The van der Waals surface area contributed by atoms with Crippen LogP contribution in [0.25, 0.3) is 0 Å². The number of carbonyl (C=O) groups is 4. The highest BCUT2D eigenvalue weighted by atomic mass is 31.2. The highest BCUT2D eigenvalue weighted by molar-refractivity contribution is 7.47. The normalized spacial score (nSPS) is 14.4. The molecule has 0 aromatic heterocycles. The van der Waals surface area contributed by atoms with E-state index >= 15 is 0 Å². The number of aliphatic hydroxyl groups excluding tert-OH is 1. The van der Waals surface area contributed by atoms with Crippen LogP contribution in [0.4, 0.5) is 0 Å². The molecule has 17 nitrogen and oxygen atoms in total. The smallest absolute Gasteiger partial charge is 0.462 e. The first-order valence-corrected chi connectivity index (χ1v) is 40.0. The van der Waals surface area contributed by atoms with Gasteiger partial charge in [-0.25, -0.2) is 9.13 Å². The summed E-state index contributed by atoms with van der Waals surface area (Å²) in [6.45, 7) is 9.56. The van der Waals surface area contributed by atoms with Crippen molar-refractivity contribution >= 4 is 39.5 Å². The monoisotopic (exact) mass is 1320 g/mol. The Bertz CT molecular complexity index is 1750. The summed E-state index contributed by atoms with van der Waals surface area (Å²) in [6.07, 6.45) is 48.5. The molecule has 0 amide bonds. The molecule has 0 spiro atoms. The molecular weight excluding hydrogens is 1190 g/mol. The first-order valence-electron chi connectivity index (χ1n) is 37.0. The number of aliphatic hydroxyl groups is 1. The first-order chi connectivity index (χ1) is 43.4. The molecule has 0 aromatic carbocycles. The lowest BCUT2D eigenvalue weighted by atomic mass is 9.99. The molecule has 0 aliphatic carbocycles. The number of hydrogen-bond acceptors (Lipinski definition) is 15. The highest BCUT2D eigenvalue weighted by Gasteiger charge is 2.30. The summed E-state index contributed by atoms with van der Waals surface area (Å²) in [4.78, 5) is 72.5. The van der Waals surface area contributed by atoms with Crippen LogP contribution in [0.3, 0.4) is 0 Å². The van der Waals surface area contributed by atoms with E-state index in [2.05, 4.69) is 41.5 Å². The Morgan fingerprint density at radius 1 is 0.322 bits per heavy atom. The molecule has 0 rings (SSSR count). The van der Waals surface area contributed by atoms with E-state index in [0.717, 1.165) is 108 Å². The Morgan fingerprint density at radius 2 is 0.567 bits per heavy atom. The van der Waals surface area contributed by atoms with E-state index in [4.69, 9.17) is 37.0 Å². The summed E-state index contributed by atoms with van der Waals surface area (Å²) < 4.78 is 68.3. The van der Waals surface area contributed by atoms with Crippen molar-refractivity contribution in [2.75, 3.05) is 39.6 Å². The van der Waals surface area contributed by atoms with E-state index in [9.17, 15) is 43.2 Å². The second-order valence-corrected chi connectivity index (χ2v) is 29.3. The molecule has 0 aliphatic heterocycles. The van der Waals surface area contributed by atoms with Gasteiger partial charge < -0.3 is 33.8 Å². The number of phosphoric acid groups is 2. The lowest BCUT2D eigenvalue weighted by Crippen LogP contribution is -2.30. The molecule has 6 atom stereocenters. The second-order valence-electron chi connectivity index (χ2n) is 26.3. The van der Waals surface area contributed by atoms with Gasteiger partial charge in [0.1, 0.15) is 19.3 Å². The summed E-state index contributed by atoms with van der Waals surface area (Å²) >= 11 is 0. The fourth-order valence-electron chi connectivity index (χ4n) is 10.7. The topological polar surface area (TPSA) is 237 Å². The quantitative estimate of drug-likeness (QED) is 0.0222. The van der Waals surface area contributed by atoms with Crippen molar-refractivity contribution in [3.63, 3.8) is 0 Å². The molecule has 3 N–H and O–H groups in total. The minimum Gasteiger partial charge on any atom is -0.462 e. The average molecular weight is 1330 g/mol. The molecular formula is C71H138O17P2. The van der Waals surface area contributed by atoms with Gasteiger partial charge in [0.15, 0.2) is 12.2 Å². The number of ether oxygens (including phenoxy) is 4. The summed E-state index contributed by atoms with van der Waals surface area (Å²) in [5.41, 5.74) is 0. The van der Waals surface area contributed by atoms with Gasteiger partial charge in [0.2, 0.25) is 0 Å². The lowest BCUT2D eigenvalue weighted by molar-refractivity contribution is -0.161. The zero-order valence-corrected chi connectivity index (χ0v) is 60.2. The van der Waals surface area contributed by atoms with Gasteiger partial charge >= 0.3 is 39.5 Å². The van der Waals surface area contributed by atoms with Gasteiger partial charge in [-0.3, -0.25) is 37.3 Å². The Kier molecular flexibility index (Phi) is 61.8. The SMILES string of the molecule is CCCCCCCCCCCCCCC(=O)O[C@H](COC(=O)CCCCCCCCCC)COP(=O)(O)OC[C@H](O)COP(=O)(O)OC[C@@H](COC(=O)CCCCCCCCCCC(C)CC)OC(=O)CCCCCCCCCCCCCCCCCC(C)C. The second kappa shape index (κ2) is 63.1. The Hall–Kier alpha value is -1.94. The number of esters is 4. The third kappa shape index (κ3) is 63.5. The number of unbranched alkanes of at least 4 members (excludes halogenated alkanes) is 39. The predicted octanol–water partition coefficient (Wildman–Crippen LogP) is 20.4. The molecule has 0 saturated carbocycles. The maximum atomic E-state index is 13.0. The standard InChI is InChI=1S/C71H138O17P2/c1-7-10-12-14-16-18-19-26-29-37-43-49-55-70(75)87-66(59-81-68(73)53-47-41-35-17-15-13-11-8-2)61-85-89(77,78)83-57-65(72)58-84-90(79,80)86-62-67(60-82-69(74)54-48-42-36-32-31-34-40-46-52-64(6)9-3)88-71(76)56-50-44-38-30-27-24-22-20-21-23-25-28-33-39-45-51-63(4)5/h63-67,72H,7-62H2,1-6H3,(H,77,78)(H,79,80)/t64?,65-,66+,67+/m0/s1. The number of carbonyl (C=O) groups excluding carboxylic acids is 4. The van der Waals surface area contributed by atoms with Crippen molar-refractivity contribution < 1.29 is 80.2 Å². The number of phosphoric ester groups is 2. The highest BCUT2D eigenvalue weighted by Crippen LogP contribution is 2.45. The molecule has 534 valence electrons. The summed E-state index contributed by atoms with van der Waals surface area (Å²) in [6, 6.07) is 0. The van der Waals surface area contributed by atoms with Crippen molar-refractivity contribution in [1.29, 1.82) is 0 Å². The van der Waals surface area contributed by atoms with Crippen LogP contribution in [0, 0.1) is 11.8 Å². The van der Waals surface area contributed by atoms with Crippen LogP contribution in [0.2, 0.25) is 0 Å². The fourth-order valence-corrected chi connectivity index (χ4v) is 12.3. The van der Waals surface area contributed by atoms with Gasteiger partial charge in [-0.15, -0.1) is 0 Å². The third-order valence-corrected chi connectivity index (χ3v) is 18.7. The van der Waals surface area contributed by atoms with Gasteiger partial charge in [-0.2, -0.15) is 0 Å². The van der Waals surface area contributed by atoms with Gasteiger partial charge in [0, 0.05) is 25.7 Å². The largest absolute Gasteiger partial charge is 0.472 e. The summed E-state index contributed by atoms with van der Waals surface area (Å²) in [5.74, 6) is -0.544. The van der Waals surface area contributed by atoms with Crippen LogP contribution in [-0.2, 0) is 65.4 Å². The van der Waals surface area contributed by atoms with E-state index in [1.807, 2.05) is 0 Å². The fraction of sp³-hybridized carbons (Fsp3) is 0.944. The molecule has 0 heterocycles. The molecule has 0 saturated heterocycles. The van der Waals surface area contributed by atoms with Gasteiger partial charge in [-0.1, -0.05) is 311 Å². The van der Waals surface area contributed by atoms with E-state index in [1.165, 1.54) is 173 Å². The Labute approximate surface area is 549 Å². The van der Waals surface area contributed by atoms with Gasteiger partial charge in [-0.05, 0) is 37.5 Å². The molecule has 3 unspecified atom stereocenters. The minimum absolute atomic E-state index is 0.107. The molecule has 0 aromatic rings. The molecule has 0 bridgehead atoms.